The standard InChI is InChI=1S/C6H6Cl2N4/c1-2-3-9-5-4(7)11-12-6(8)10-5/h2H,1,3H2,(H,9,10,12). The number of anilines is 1. The van der Waals surface area contributed by atoms with Gasteiger partial charge in [-0.15, -0.1) is 16.8 Å². The largest absolute Gasteiger partial charge is 0.364 e. The molecule has 0 atom stereocenters. The van der Waals surface area contributed by atoms with Gasteiger partial charge in [0.1, 0.15) is 0 Å². The third-order valence-corrected chi connectivity index (χ3v) is 1.45. The average molecular weight is 205 g/mol. The molecule has 0 spiro atoms. The van der Waals surface area contributed by atoms with Crippen LogP contribution in [0.4, 0.5) is 5.82 Å². The number of nitrogens with zero attached hydrogens (tertiary/aromatic N) is 3. The number of hydrogen-bond acceptors (Lipinski definition) is 4. The molecule has 0 radical (unpaired) electrons. The molecular formula is C6H6Cl2N4. The summed E-state index contributed by atoms with van der Waals surface area (Å²) in [5, 5.41) is 10.1. The lowest BCUT2D eigenvalue weighted by molar-refractivity contribution is 0.968. The molecule has 0 fully saturated rings. The lowest BCUT2D eigenvalue weighted by Crippen LogP contribution is -2.03. The summed E-state index contributed by atoms with van der Waals surface area (Å²) in [6.07, 6.45) is 1.67. The van der Waals surface area contributed by atoms with Crippen molar-refractivity contribution in [3.05, 3.63) is 23.1 Å². The van der Waals surface area contributed by atoms with Crippen LogP contribution in [0, 0.1) is 0 Å². The summed E-state index contributed by atoms with van der Waals surface area (Å²) in [4.78, 5) is 3.81. The van der Waals surface area contributed by atoms with Crippen LogP contribution in [0.5, 0.6) is 0 Å². The van der Waals surface area contributed by atoms with Gasteiger partial charge in [0.15, 0.2) is 11.0 Å². The Bertz CT molecular complexity index is 289. The molecule has 0 aliphatic carbocycles. The maximum atomic E-state index is 5.64. The normalized spacial score (nSPS) is 9.50. The van der Waals surface area contributed by atoms with Gasteiger partial charge in [-0.3, -0.25) is 0 Å². The molecule has 1 aromatic rings. The summed E-state index contributed by atoms with van der Waals surface area (Å²) in [6.45, 7) is 4.08. The first-order valence-corrected chi connectivity index (χ1v) is 3.90. The predicted octanol–water partition coefficient (Wildman–Crippen LogP) is 1.78. The number of nitrogens with one attached hydrogen (secondary N) is 1. The molecule has 6 heteroatoms. The molecule has 0 bridgehead atoms. The molecule has 4 nitrogen and oxygen atoms in total. The molecule has 0 aliphatic rings. The Morgan fingerprint density at radius 1 is 1.42 bits per heavy atom. The maximum Gasteiger partial charge on any atom is 0.245 e. The van der Waals surface area contributed by atoms with Gasteiger partial charge in [-0.25, -0.2) is 0 Å². The Morgan fingerprint density at radius 2 is 2.17 bits per heavy atom. The van der Waals surface area contributed by atoms with Crippen molar-refractivity contribution in [2.45, 2.75) is 0 Å². The molecule has 0 aromatic carbocycles. The van der Waals surface area contributed by atoms with E-state index in [1.54, 1.807) is 6.08 Å². The SMILES string of the molecule is C=CCNc1nc(Cl)nnc1Cl. The summed E-state index contributed by atoms with van der Waals surface area (Å²) < 4.78 is 0. The first-order chi connectivity index (χ1) is 5.74. The first-order valence-electron chi connectivity index (χ1n) is 3.14. The summed E-state index contributed by atoms with van der Waals surface area (Å²) in [6, 6.07) is 0. The maximum absolute atomic E-state index is 5.64. The summed E-state index contributed by atoms with van der Waals surface area (Å²) in [7, 11) is 0. The molecule has 0 amide bonds. The second-order valence-electron chi connectivity index (χ2n) is 1.89. The van der Waals surface area contributed by atoms with Crippen LogP contribution in [0.15, 0.2) is 12.7 Å². The summed E-state index contributed by atoms with van der Waals surface area (Å²) in [5.74, 6) is 0.413. The molecule has 1 rings (SSSR count). The molecule has 1 heterocycles. The van der Waals surface area contributed by atoms with E-state index in [0.717, 1.165) is 0 Å². The Morgan fingerprint density at radius 3 is 2.83 bits per heavy atom. The summed E-state index contributed by atoms with van der Waals surface area (Å²) >= 11 is 11.1. The highest BCUT2D eigenvalue weighted by atomic mass is 35.5. The van der Waals surface area contributed by atoms with E-state index < -0.39 is 0 Å². The number of rotatable bonds is 3. The second kappa shape index (κ2) is 4.23. The topological polar surface area (TPSA) is 50.7 Å². The van der Waals surface area contributed by atoms with Gasteiger partial charge in [0, 0.05) is 6.54 Å². The molecule has 12 heavy (non-hydrogen) atoms. The van der Waals surface area contributed by atoms with Gasteiger partial charge in [-0.1, -0.05) is 17.7 Å². The van der Waals surface area contributed by atoms with Gasteiger partial charge >= 0.3 is 0 Å². The second-order valence-corrected chi connectivity index (χ2v) is 2.59. The van der Waals surface area contributed by atoms with Crippen molar-refractivity contribution in [3.63, 3.8) is 0 Å². The molecule has 1 aromatic heterocycles. The van der Waals surface area contributed by atoms with Crippen LogP contribution in [0.25, 0.3) is 0 Å². The zero-order valence-corrected chi connectivity index (χ0v) is 7.60. The van der Waals surface area contributed by atoms with E-state index >= 15 is 0 Å². The van der Waals surface area contributed by atoms with Crippen LogP contribution in [0.2, 0.25) is 10.4 Å². The van der Waals surface area contributed by atoms with Crippen molar-refractivity contribution in [1.82, 2.24) is 15.2 Å². The monoisotopic (exact) mass is 204 g/mol. The van der Waals surface area contributed by atoms with E-state index in [4.69, 9.17) is 23.2 Å². The van der Waals surface area contributed by atoms with E-state index in [2.05, 4.69) is 27.1 Å². The van der Waals surface area contributed by atoms with Gasteiger partial charge in [0.05, 0.1) is 0 Å². The highest BCUT2D eigenvalue weighted by Crippen LogP contribution is 2.15. The zero-order valence-electron chi connectivity index (χ0n) is 6.09. The van der Waals surface area contributed by atoms with Crippen molar-refractivity contribution >= 4 is 29.0 Å². The van der Waals surface area contributed by atoms with Crippen molar-refractivity contribution in [1.29, 1.82) is 0 Å². The van der Waals surface area contributed by atoms with Crippen LogP contribution in [-0.2, 0) is 0 Å². The Hall–Kier alpha value is -0.870. The van der Waals surface area contributed by atoms with Gasteiger partial charge in [-0.05, 0) is 11.6 Å². The minimum absolute atomic E-state index is 0.0611. The van der Waals surface area contributed by atoms with E-state index in [0.29, 0.717) is 12.4 Å². The fraction of sp³-hybridized carbons (Fsp3) is 0.167. The van der Waals surface area contributed by atoms with Crippen LogP contribution >= 0.6 is 23.2 Å². The lowest BCUT2D eigenvalue weighted by atomic mass is 10.6. The van der Waals surface area contributed by atoms with Gasteiger partial charge in [-0.2, -0.15) is 4.98 Å². The molecule has 0 unspecified atom stereocenters. The van der Waals surface area contributed by atoms with Crippen LogP contribution in [0.1, 0.15) is 0 Å². The highest BCUT2D eigenvalue weighted by Gasteiger charge is 2.03. The molecule has 1 N–H and O–H groups in total. The van der Waals surface area contributed by atoms with Crippen molar-refractivity contribution < 1.29 is 0 Å². The average Bonchev–Trinajstić information content (AvgIpc) is 2.07. The van der Waals surface area contributed by atoms with Crippen LogP contribution in [-0.4, -0.2) is 21.7 Å². The Labute approximate surface area is 79.6 Å². The van der Waals surface area contributed by atoms with Crippen LogP contribution in [0.3, 0.4) is 0 Å². The Kier molecular flexibility index (Phi) is 3.25. The van der Waals surface area contributed by atoms with E-state index in [1.165, 1.54) is 0 Å². The van der Waals surface area contributed by atoms with E-state index in [-0.39, 0.29) is 10.4 Å². The van der Waals surface area contributed by atoms with Crippen molar-refractivity contribution in [3.8, 4) is 0 Å². The summed E-state index contributed by atoms with van der Waals surface area (Å²) in [5.41, 5.74) is 0. The van der Waals surface area contributed by atoms with Crippen molar-refractivity contribution in [2.24, 2.45) is 0 Å². The number of halogens is 2. The molecule has 64 valence electrons. The fourth-order valence-corrected chi connectivity index (χ4v) is 0.844. The minimum Gasteiger partial charge on any atom is -0.364 e. The first kappa shape index (κ1) is 9.22. The molecule has 0 saturated carbocycles. The lowest BCUT2D eigenvalue weighted by Gasteiger charge is -2.01. The zero-order chi connectivity index (χ0) is 8.97. The minimum atomic E-state index is 0.0611. The Balaban J connectivity index is 2.82. The fourth-order valence-electron chi connectivity index (χ4n) is 0.575. The van der Waals surface area contributed by atoms with Crippen LogP contribution < -0.4 is 5.32 Å². The molecule has 0 saturated heterocycles. The van der Waals surface area contributed by atoms with Gasteiger partial charge in [0.2, 0.25) is 5.28 Å². The predicted molar refractivity (Wildman–Crippen MR) is 48.5 cm³/mol. The smallest absolute Gasteiger partial charge is 0.245 e. The molecule has 0 aliphatic heterocycles. The van der Waals surface area contributed by atoms with Gasteiger partial charge < -0.3 is 5.32 Å². The highest BCUT2D eigenvalue weighted by molar-refractivity contribution is 6.32. The third-order valence-electron chi connectivity index (χ3n) is 1.03. The van der Waals surface area contributed by atoms with Gasteiger partial charge in [0.25, 0.3) is 0 Å². The van der Waals surface area contributed by atoms with E-state index in [1.807, 2.05) is 0 Å². The van der Waals surface area contributed by atoms with Crippen molar-refractivity contribution in [2.75, 3.05) is 11.9 Å². The van der Waals surface area contributed by atoms with E-state index in [9.17, 15) is 0 Å². The quantitative estimate of drug-likeness (QED) is 0.764. The number of hydrogen-bond donors (Lipinski definition) is 1. The number of aromatic nitrogens is 3. The molecular weight excluding hydrogens is 199 g/mol. The third kappa shape index (κ3) is 2.32.